The molecule has 0 N–H and O–H groups in total. The Balaban J connectivity index is 1.36. The summed E-state index contributed by atoms with van der Waals surface area (Å²) in [6.45, 7) is 5.88. The first kappa shape index (κ1) is 26.2. The van der Waals surface area contributed by atoms with Crippen molar-refractivity contribution in [2.75, 3.05) is 33.3 Å². The van der Waals surface area contributed by atoms with E-state index in [1.54, 1.807) is 24.1 Å². The Hall–Kier alpha value is -4.39. The number of halogens is 1. The van der Waals surface area contributed by atoms with Crippen molar-refractivity contribution in [1.82, 2.24) is 14.4 Å². The molecule has 2 amide bonds. The summed E-state index contributed by atoms with van der Waals surface area (Å²) in [6.07, 6.45) is 0.220. The molecule has 0 unspecified atom stereocenters. The molecule has 1 fully saturated rings. The predicted molar refractivity (Wildman–Crippen MR) is 150 cm³/mol. The zero-order chi connectivity index (χ0) is 27.5. The molecule has 1 aliphatic rings. The van der Waals surface area contributed by atoms with Crippen molar-refractivity contribution in [1.29, 1.82) is 0 Å². The Labute approximate surface area is 228 Å². The Morgan fingerprint density at radius 1 is 0.821 bits per heavy atom. The van der Waals surface area contributed by atoms with E-state index in [1.807, 2.05) is 42.2 Å². The van der Waals surface area contributed by atoms with Crippen LogP contribution in [0, 0.1) is 19.7 Å². The van der Waals surface area contributed by atoms with Gasteiger partial charge >= 0.3 is 0 Å². The summed E-state index contributed by atoms with van der Waals surface area (Å²) in [5.74, 6) is 0.392. The van der Waals surface area contributed by atoms with Gasteiger partial charge in [0.1, 0.15) is 11.6 Å². The van der Waals surface area contributed by atoms with E-state index in [0.717, 1.165) is 39.5 Å². The average Bonchev–Trinajstić information content (AvgIpc) is 3.31. The highest BCUT2D eigenvalue weighted by Gasteiger charge is 2.28. The summed E-state index contributed by atoms with van der Waals surface area (Å²) in [5, 5.41) is 0. The lowest BCUT2D eigenvalue weighted by molar-refractivity contribution is -0.131. The van der Waals surface area contributed by atoms with Crippen LogP contribution in [0.5, 0.6) is 5.75 Å². The van der Waals surface area contributed by atoms with Crippen molar-refractivity contribution in [3.8, 4) is 22.7 Å². The fourth-order valence-electron chi connectivity index (χ4n) is 5.04. The molecule has 6 nitrogen and oxygen atoms in total. The van der Waals surface area contributed by atoms with Gasteiger partial charge in [0.25, 0.3) is 5.91 Å². The molecule has 3 aromatic carbocycles. The Morgan fingerprint density at radius 3 is 2.05 bits per heavy atom. The van der Waals surface area contributed by atoms with Gasteiger partial charge < -0.3 is 19.1 Å². The second-order valence-electron chi connectivity index (χ2n) is 9.90. The number of rotatable bonds is 6. The molecule has 39 heavy (non-hydrogen) atoms. The van der Waals surface area contributed by atoms with Crippen LogP contribution < -0.4 is 4.74 Å². The third-order valence-corrected chi connectivity index (χ3v) is 7.34. The van der Waals surface area contributed by atoms with Gasteiger partial charge in [-0.3, -0.25) is 9.59 Å². The predicted octanol–water partition coefficient (Wildman–Crippen LogP) is 5.44. The topological polar surface area (TPSA) is 54.8 Å². The lowest BCUT2D eigenvalue weighted by Crippen LogP contribution is -2.51. The number of hydrogen-bond acceptors (Lipinski definition) is 3. The van der Waals surface area contributed by atoms with E-state index in [9.17, 15) is 14.0 Å². The number of nitrogens with zero attached hydrogens (tertiary/aromatic N) is 3. The molecule has 5 rings (SSSR count). The third-order valence-electron chi connectivity index (χ3n) is 7.34. The Kier molecular flexibility index (Phi) is 7.50. The zero-order valence-electron chi connectivity index (χ0n) is 22.5. The second-order valence-corrected chi connectivity index (χ2v) is 9.90. The molecule has 4 aromatic rings. The molecular formula is C32H32FN3O3. The summed E-state index contributed by atoms with van der Waals surface area (Å²) in [7, 11) is 1.64. The lowest BCUT2D eigenvalue weighted by atomic mass is 10.1. The summed E-state index contributed by atoms with van der Waals surface area (Å²) >= 11 is 0. The van der Waals surface area contributed by atoms with Gasteiger partial charge in [-0.25, -0.2) is 4.39 Å². The van der Waals surface area contributed by atoms with Crippen molar-refractivity contribution in [3.63, 3.8) is 0 Å². The van der Waals surface area contributed by atoms with Crippen LogP contribution in [-0.4, -0.2) is 59.5 Å². The van der Waals surface area contributed by atoms with Gasteiger partial charge in [-0.1, -0.05) is 29.8 Å². The van der Waals surface area contributed by atoms with Gasteiger partial charge in [0, 0.05) is 37.6 Å². The molecule has 0 aliphatic carbocycles. The quantitative estimate of drug-likeness (QED) is 0.337. The van der Waals surface area contributed by atoms with E-state index >= 15 is 0 Å². The van der Waals surface area contributed by atoms with E-state index in [4.69, 9.17) is 4.74 Å². The molecule has 0 saturated carbocycles. The van der Waals surface area contributed by atoms with Crippen LogP contribution in [0.15, 0.2) is 78.9 Å². The Bertz CT molecular complexity index is 1470. The van der Waals surface area contributed by atoms with Crippen molar-refractivity contribution in [2.45, 2.75) is 20.3 Å². The maximum Gasteiger partial charge on any atom is 0.255 e. The van der Waals surface area contributed by atoms with E-state index in [2.05, 4.69) is 35.8 Å². The number of carbonyl (C=O) groups is 2. The van der Waals surface area contributed by atoms with Crippen molar-refractivity contribution in [3.05, 3.63) is 107 Å². The summed E-state index contributed by atoms with van der Waals surface area (Å²) in [6, 6.07) is 24.1. The van der Waals surface area contributed by atoms with Crippen LogP contribution in [0.2, 0.25) is 0 Å². The first-order valence-electron chi connectivity index (χ1n) is 13.1. The molecule has 1 saturated heterocycles. The van der Waals surface area contributed by atoms with Crippen molar-refractivity contribution in [2.24, 2.45) is 0 Å². The number of amides is 2. The number of aromatic nitrogens is 1. The molecule has 1 aromatic heterocycles. The number of hydrogen-bond donors (Lipinski definition) is 0. The van der Waals surface area contributed by atoms with Gasteiger partial charge in [0.15, 0.2) is 0 Å². The molecule has 0 radical (unpaired) electrons. The van der Waals surface area contributed by atoms with Gasteiger partial charge in [-0.15, -0.1) is 0 Å². The van der Waals surface area contributed by atoms with Crippen LogP contribution in [-0.2, 0) is 11.2 Å². The fraction of sp³-hybridized carbons (Fsp3) is 0.250. The first-order chi connectivity index (χ1) is 18.8. The molecule has 200 valence electrons. The monoisotopic (exact) mass is 525 g/mol. The van der Waals surface area contributed by atoms with Gasteiger partial charge in [-0.2, -0.15) is 0 Å². The molecule has 2 heterocycles. The summed E-state index contributed by atoms with van der Waals surface area (Å²) in [5.41, 5.74) is 6.35. The SMILES string of the molecule is COc1ccc(-c2cc(C(=O)N3CCN(C(=O)Cc4ccc(F)cc4)CC3)c(C)n2-c2ccc(C)cc2)cc1. The molecule has 0 atom stereocenters. The van der Waals surface area contributed by atoms with Gasteiger partial charge in [0.2, 0.25) is 5.91 Å². The maximum absolute atomic E-state index is 13.8. The highest BCUT2D eigenvalue weighted by atomic mass is 19.1. The molecule has 0 spiro atoms. The van der Waals surface area contributed by atoms with E-state index in [-0.39, 0.29) is 24.1 Å². The van der Waals surface area contributed by atoms with E-state index in [0.29, 0.717) is 31.7 Å². The normalized spacial score (nSPS) is 13.4. The summed E-state index contributed by atoms with van der Waals surface area (Å²) < 4.78 is 20.6. The standard InChI is InChI=1S/C32H32FN3O3/c1-22-4-12-27(13-5-22)36-23(2)29(21-30(36)25-8-14-28(39-3)15-9-25)32(38)35-18-16-34(17-19-35)31(37)20-24-6-10-26(33)11-7-24/h4-15,21H,16-20H2,1-3H3. The molecule has 0 bridgehead atoms. The van der Waals surface area contributed by atoms with Crippen LogP contribution in [0.3, 0.4) is 0 Å². The van der Waals surface area contributed by atoms with Crippen LogP contribution in [0.4, 0.5) is 4.39 Å². The number of ether oxygens (including phenoxy) is 1. The minimum absolute atomic E-state index is 0.0165. The molecular weight excluding hydrogens is 493 g/mol. The lowest BCUT2D eigenvalue weighted by Gasteiger charge is -2.35. The maximum atomic E-state index is 13.8. The van der Waals surface area contributed by atoms with Crippen molar-refractivity contribution >= 4 is 11.8 Å². The Morgan fingerprint density at radius 2 is 1.44 bits per heavy atom. The number of carbonyl (C=O) groups excluding carboxylic acids is 2. The highest BCUT2D eigenvalue weighted by Crippen LogP contribution is 2.31. The molecule has 7 heteroatoms. The second kappa shape index (κ2) is 11.2. The van der Waals surface area contributed by atoms with Crippen LogP contribution >= 0.6 is 0 Å². The first-order valence-corrected chi connectivity index (χ1v) is 13.1. The van der Waals surface area contributed by atoms with Gasteiger partial charge in [0.05, 0.1) is 24.8 Å². The minimum Gasteiger partial charge on any atom is -0.497 e. The minimum atomic E-state index is -0.319. The van der Waals surface area contributed by atoms with Crippen LogP contribution in [0.1, 0.15) is 27.2 Å². The number of piperazine rings is 1. The highest BCUT2D eigenvalue weighted by molar-refractivity contribution is 5.97. The van der Waals surface area contributed by atoms with Crippen molar-refractivity contribution < 1.29 is 18.7 Å². The number of aryl methyl sites for hydroxylation is 1. The number of methoxy groups -OCH3 is 1. The van der Waals surface area contributed by atoms with Crippen LogP contribution in [0.25, 0.3) is 16.9 Å². The van der Waals surface area contributed by atoms with E-state index < -0.39 is 0 Å². The smallest absolute Gasteiger partial charge is 0.255 e. The summed E-state index contributed by atoms with van der Waals surface area (Å²) in [4.78, 5) is 30.2. The fourth-order valence-corrected chi connectivity index (χ4v) is 5.04. The third kappa shape index (κ3) is 5.58. The largest absolute Gasteiger partial charge is 0.497 e. The van der Waals surface area contributed by atoms with E-state index in [1.165, 1.54) is 12.1 Å². The molecule has 1 aliphatic heterocycles. The number of benzene rings is 3. The van der Waals surface area contributed by atoms with Gasteiger partial charge in [-0.05, 0) is 79.6 Å². The average molecular weight is 526 g/mol. The zero-order valence-corrected chi connectivity index (χ0v) is 22.5.